The first-order valence-corrected chi connectivity index (χ1v) is 5.60. The standard InChI is InChI=1S/C12H9F3N2O4/c13-12(14,15)7-1-3-8(4-2-7)16-11(19)17-10(18)9-5-20-6-21-9/h1-5H,6H2,(H2,16,17,18,19). The third kappa shape index (κ3) is 3.88. The summed E-state index contributed by atoms with van der Waals surface area (Å²) in [6, 6.07) is 2.86. The number of ether oxygens (including phenoxy) is 2. The van der Waals surface area contributed by atoms with Crippen molar-refractivity contribution in [3.63, 3.8) is 0 Å². The highest BCUT2D eigenvalue weighted by Gasteiger charge is 2.30. The number of halogens is 3. The Balaban J connectivity index is 1.92. The molecule has 0 radical (unpaired) electrons. The van der Waals surface area contributed by atoms with E-state index in [4.69, 9.17) is 4.74 Å². The van der Waals surface area contributed by atoms with Crippen molar-refractivity contribution < 1.29 is 32.2 Å². The molecule has 0 aliphatic carbocycles. The number of amides is 3. The molecule has 1 aromatic rings. The van der Waals surface area contributed by atoms with Gasteiger partial charge in [-0.1, -0.05) is 0 Å². The van der Waals surface area contributed by atoms with Gasteiger partial charge in [0.25, 0.3) is 5.91 Å². The van der Waals surface area contributed by atoms with Gasteiger partial charge in [-0.2, -0.15) is 13.2 Å². The molecule has 0 atom stereocenters. The Labute approximate surface area is 116 Å². The van der Waals surface area contributed by atoms with Gasteiger partial charge in [-0.15, -0.1) is 0 Å². The number of carbonyl (C=O) groups excluding carboxylic acids is 2. The van der Waals surface area contributed by atoms with Crippen LogP contribution in [0.5, 0.6) is 0 Å². The zero-order valence-electron chi connectivity index (χ0n) is 10.4. The lowest BCUT2D eigenvalue weighted by atomic mass is 10.2. The van der Waals surface area contributed by atoms with Gasteiger partial charge in [-0.05, 0) is 24.3 Å². The first-order valence-electron chi connectivity index (χ1n) is 5.60. The van der Waals surface area contributed by atoms with Crippen LogP contribution < -0.4 is 10.6 Å². The second-order valence-corrected chi connectivity index (χ2v) is 3.89. The SMILES string of the molecule is O=C(NC(=O)C1=COCO1)Nc1ccc(C(F)(F)F)cc1. The maximum atomic E-state index is 12.4. The van der Waals surface area contributed by atoms with Crippen LogP contribution in [-0.4, -0.2) is 18.7 Å². The number of hydrogen-bond donors (Lipinski definition) is 2. The number of imide groups is 1. The van der Waals surface area contributed by atoms with Gasteiger partial charge in [0.05, 0.1) is 5.56 Å². The van der Waals surface area contributed by atoms with Gasteiger partial charge in [-0.25, -0.2) is 4.79 Å². The van der Waals surface area contributed by atoms with Crippen LogP contribution in [0.3, 0.4) is 0 Å². The smallest absolute Gasteiger partial charge is 0.416 e. The molecule has 1 aliphatic heterocycles. The number of hydrogen-bond acceptors (Lipinski definition) is 4. The van der Waals surface area contributed by atoms with Crippen LogP contribution >= 0.6 is 0 Å². The highest BCUT2D eigenvalue weighted by molar-refractivity contribution is 6.06. The van der Waals surface area contributed by atoms with Crippen LogP contribution in [0.4, 0.5) is 23.7 Å². The molecule has 0 saturated heterocycles. The van der Waals surface area contributed by atoms with Crippen molar-refractivity contribution in [1.82, 2.24) is 5.32 Å². The van der Waals surface area contributed by atoms with Crippen molar-refractivity contribution >= 4 is 17.6 Å². The second-order valence-electron chi connectivity index (χ2n) is 3.89. The fraction of sp³-hybridized carbons (Fsp3) is 0.167. The fourth-order valence-corrected chi connectivity index (χ4v) is 1.43. The highest BCUT2D eigenvalue weighted by Crippen LogP contribution is 2.29. The van der Waals surface area contributed by atoms with E-state index < -0.39 is 23.7 Å². The molecule has 21 heavy (non-hydrogen) atoms. The van der Waals surface area contributed by atoms with Crippen LogP contribution in [0.15, 0.2) is 36.3 Å². The molecule has 2 N–H and O–H groups in total. The third-order valence-electron chi connectivity index (χ3n) is 2.39. The zero-order valence-corrected chi connectivity index (χ0v) is 10.4. The molecule has 1 aliphatic rings. The summed E-state index contributed by atoms with van der Waals surface area (Å²) in [6.07, 6.45) is -3.41. The predicted octanol–water partition coefficient (Wildman–Crippen LogP) is 2.20. The normalized spacial score (nSPS) is 13.8. The van der Waals surface area contributed by atoms with E-state index in [9.17, 15) is 22.8 Å². The summed E-state index contributed by atoms with van der Waals surface area (Å²) in [5.41, 5.74) is -0.739. The molecular weight excluding hydrogens is 293 g/mol. The minimum Gasteiger partial charge on any atom is -0.461 e. The Morgan fingerprint density at radius 3 is 2.33 bits per heavy atom. The van der Waals surface area contributed by atoms with E-state index in [1.54, 1.807) is 0 Å². The average Bonchev–Trinajstić information content (AvgIpc) is 2.92. The van der Waals surface area contributed by atoms with Gasteiger partial charge in [0.15, 0.2) is 0 Å². The average molecular weight is 302 g/mol. The Hall–Kier alpha value is -2.71. The Kier molecular flexibility index (Phi) is 4.01. The van der Waals surface area contributed by atoms with Gasteiger partial charge < -0.3 is 14.8 Å². The number of urea groups is 1. The molecule has 0 fully saturated rings. The topological polar surface area (TPSA) is 76.7 Å². The third-order valence-corrected chi connectivity index (χ3v) is 2.39. The van der Waals surface area contributed by atoms with Crippen molar-refractivity contribution in [1.29, 1.82) is 0 Å². The van der Waals surface area contributed by atoms with Gasteiger partial charge in [0.1, 0.15) is 6.26 Å². The first-order chi connectivity index (χ1) is 9.86. The van der Waals surface area contributed by atoms with Crippen molar-refractivity contribution in [2.75, 3.05) is 12.1 Å². The number of nitrogens with one attached hydrogen (secondary N) is 2. The minimum absolute atomic E-state index is 0.103. The maximum absolute atomic E-state index is 12.4. The lowest BCUT2D eigenvalue weighted by Crippen LogP contribution is -2.35. The van der Waals surface area contributed by atoms with Gasteiger partial charge in [0.2, 0.25) is 12.6 Å². The molecule has 0 unspecified atom stereocenters. The van der Waals surface area contributed by atoms with E-state index in [-0.39, 0.29) is 18.2 Å². The summed E-state index contributed by atoms with van der Waals surface area (Å²) in [4.78, 5) is 22.9. The quantitative estimate of drug-likeness (QED) is 0.878. The summed E-state index contributed by atoms with van der Waals surface area (Å²) in [5, 5.41) is 4.14. The monoisotopic (exact) mass is 302 g/mol. The lowest BCUT2D eigenvalue weighted by Gasteiger charge is -2.09. The Morgan fingerprint density at radius 2 is 1.81 bits per heavy atom. The van der Waals surface area contributed by atoms with E-state index >= 15 is 0 Å². The maximum Gasteiger partial charge on any atom is 0.416 e. The van der Waals surface area contributed by atoms with Crippen molar-refractivity contribution in [2.24, 2.45) is 0 Å². The van der Waals surface area contributed by atoms with Crippen molar-refractivity contribution in [3.8, 4) is 0 Å². The molecule has 9 heteroatoms. The molecule has 0 aromatic heterocycles. The number of rotatable bonds is 2. The Bertz CT molecular complexity index is 581. The number of anilines is 1. The van der Waals surface area contributed by atoms with E-state index in [0.717, 1.165) is 30.5 Å². The van der Waals surface area contributed by atoms with E-state index in [0.29, 0.717) is 0 Å². The molecule has 0 saturated carbocycles. The van der Waals surface area contributed by atoms with E-state index in [1.165, 1.54) is 0 Å². The molecule has 1 heterocycles. The molecule has 3 amide bonds. The molecule has 2 rings (SSSR count). The van der Waals surface area contributed by atoms with Crippen molar-refractivity contribution in [3.05, 3.63) is 41.9 Å². The summed E-state index contributed by atoms with van der Waals surface area (Å²) in [6.45, 7) is -0.122. The van der Waals surface area contributed by atoms with E-state index in [2.05, 4.69) is 10.1 Å². The predicted molar refractivity (Wildman–Crippen MR) is 63.7 cm³/mol. The zero-order chi connectivity index (χ0) is 15.5. The van der Waals surface area contributed by atoms with Crippen LogP contribution in [0.2, 0.25) is 0 Å². The summed E-state index contributed by atoms with van der Waals surface area (Å²) in [7, 11) is 0. The number of carbonyl (C=O) groups is 2. The van der Waals surface area contributed by atoms with Gasteiger partial charge in [0, 0.05) is 5.69 Å². The summed E-state index contributed by atoms with van der Waals surface area (Å²) >= 11 is 0. The second kappa shape index (κ2) is 5.73. The molecule has 1 aromatic carbocycles. The van der Waals surface area contributed by atoms with Crippen LogP contribution in [0, 0.1) is 0 Å². The van der Waals surface area contributed by atoms with Crippen LogP contribution in [0.25, 0.3) is 0 Å². The molecular formula is C12H9F3N2O4. The minimum atomic E-state index is -4.46. The van der Waals surface area contributed by atoms with Crippen LogP contribution in [-0.2, 0) is 20.4 Å². The number of alkyl halides is 3. The molecule has 112 valence electrons. The van der Waals surface area contributed by atoms with Crippen LogP contribution in [0.1, 0.15) is 5.56 Å². The molecule has 0 spiro atoms. The largest absolute Gasteiger partial charge is 0.461 e. The van der Waals surface area contributed by atoms with Crippen molar-refractivity contribution in [2.45, 2.75) is 6.18 Å². The molecule has 6 nitrogen and oxygen atoms in total. The van der Waals surface area contributed by atoms with Gasteiger partial charge >= 0.3 is 12.2 Å². The summed E-state index contributed by atoms with van der Waals surface area (Å²) in [5.74, 6) is -0.991. The Morgan fingerprint density at radius 1 is 1.14 bits per heavy atom. The van der Waals surface area contributed by atoms with E-state index in [1.807, 2.05) is 5.32 Å². The first kappa shape index (κ1) is 14.7. The lowest BCUT2D eigenvalue weighted by molar-refractivity contribution is -0.137. The summed E-state index contributed by atoms with van der Waals surface area (Å²) < 4.78 is 46.4. The van der Waals surface area contributed by atoms with Gasteiger partial charge in [-0.3, -0.25) is 10.1 Å². The fourth-order valence-electron chi connectivity index (χ4n) is 1.43. The molecule has 0 bridgehead atoms. The number of benzene rings is 1. The highest BCUT2D eigenvalue weighted by atomic mass is 19.4.